The molecule has 3 heterocycles. The average molecular weight is 399 g/mol. The third-order valence-electron chi connectivity index (χ3n) is 4.22. The second-order valence-electron chi connectivity index (χ2n) is 6.05. The summed E-state index contributed by atoms with van der Waals surface area (Å²) in [5.41, 5.74) is -1.74. The first-order valence-electron chi connectivity index (χ1n) is 7.97. The average Bonchev–Trinajstić information content (AvgIpc) is 2.99. The van der Waals surface area contributed by atoms with Gasteiger partial charge in [0.05, 0.1) is 21.5 Å². The molecule has 0 amide bonds. The predicted octanol–water partition coefficient (Wildman–Crippen LogP) is 5.48. The van der Waals surface area contributed by atoms with Gasteiger partial charge in [-0.2, -0.15) is 13.2 Å². The van der Waals surface area contributed by atoms with Crippen molar-refractivity contribution in [3.05, 3.63) is 43.8 Å². The maximum absolute atomic E-state index is 13.7. The van der Waals surface area contributed by atoms with Gasteiger partial charge in [0.2, 0.25) is 0 Å². The van der Waals surface area contributed by atoms with Gasteiger partial charge in [-0.15, -0.1) is 11.3 Å². The molecule has 26 heavy (non-hydrogen) atoms. The second kappa shape index (κ2) is 6.62. The van der Waals surface area contributed by atoms with Gasteiger partial charge in [0, 0.05) is 10.9 Å². The van der Waals surface area contributed by atoms with Crippen LogP contribution in [0.25, 0.3) is 21.6 Å². The Kier molecular flexibility index (Phi) is 4.78. The monoisotopic (exact) mass is 399 g/mol. The number of aryl methyl sites for hydroxylation is 1. The van der Waals surface area contributed by atoms with Crippen LogP contribution in [0.5, 0.6) is 0 Å². The third kappa shape index (κ3) is 3.21. The largest absolute Gasteiger partial charge is 0.417 e. The van der Waals surface area contributed by atoms with E-state index in [1.54, 1.807) is 6.07 Å². The first-order valence-corrected chi connectivity index (χ1v) is 9.19. The van der Waals surface area contributed by atoms with Crippen LogP contribution in [0.15, 0.2) is 23.0 Å². The van der Waals surface area contributed by atoms with Crippen molar-refractivity contribution in [2.24, 2.45) is 0 Å². The Labute approximate surface area is 156 Å². The molecule has 0 spiro atoms. The number of nitrogens with zero attached hydrogens (tertiary/aromatic N) is 2. The molecule has 4 nitrogen and oxygen atoms in total. The molecule has 138 valence electrons. The molecule has 1 N–H and O–H groups in total. The lowest BCUT2D eigenvalue weighted by Gasteiger charge is -2.19. The highest BCUT2D eigenvalue weighted by molar-refractivity contribution is 7.71. The quantitative estimate of drug-likeness (QED) is 0.593. The van der Waals surface area contributed by atoms with Crippen molar-refractivity contribution in [1.29, 1.82) is 0 Å². The Balaban J connectivity index is 2.51. The Bertz CT molecular complexity index is 1100. The lowest BCUT2D eigenvalue weighted by atomic mass is 10.1. The Morgan fingerprint density at radius 2 is 2.08 bits per heavy atom. The fraction of sp³-hybridized carbons (Fsp3) is 0.353. The Hall–Kier alpha value is -2.00. The zero-order valence-corrected chi connectivity index (χ0v) is 15.9. The van der Waals surface area contributed by atoms with Crippen LogP contribution in [0.1, 0.15) is 36.8 Å². The van der Waals surface area contributed by atoms with Gasteiger partial charge in [-0.05, 0) is 50.7 Å². The number of aromatic amines is 1. The van der Waals surface area contributed by atoms with Crippen LogP contribution in [-0.4, -0.2) is 14.5 Å². The van der Waals surface area contributed by atoms with Crippen LogP contribution in [0.2, 0.25) is 0 Å². The maximum atomic E-state index is 13.7. The van der Waals surface area contributed by atoms with Gasteiger partial charge in [-0.3, -0.25) is 14.3 Å². The topological polar surface area (TPSA) is 50.7 Å². The van der Waals surface area contributed by atoms with Crippen LogP contribution in [0.3, 0.4) is 0 Å². The van der Waals surface area contributed by atoms with Crippen LogP contribution in [-0.2, 0) is 6.18 Å². The zero-order chi connectivity index (χ0) is 19.2. The van der Waals surface area contributed by atoms with Crippen molar-refractivity contribution in [3.63, 3.8) is 0 Å². The minimum Gasteiger partial charge on any atom is -0.300 e. The number of aromatic nitrogens is 3. The second-order valence-corrected chi connectivity index (χ2v) is 7.72. The summed E-state index contributed by atoms with van der Waals surface area (Å²) in [4.78, 5) is 20.6. The maximum Gasteiger partial charge on any atom is 0.417 e. The molecular formula is C17H16F3N3OS2. The van der Waals surface area contributed by atoms with Gasteiger partial charge in [0.1, 0.15) is 5.65 Å². The lowest BCUT2D eigenvalue weighted by molar-refractivity contribution is -0.136. The zero-order valence-electron chi connectivity index (χ0n) is 14.3. The Morgan fingerprint density at radius 1 is 1.38 bits per heavy atom. The van der Waals surface area contributed by atoms with Crippen molar-refractivity contribution in [2.45, 2.75) is 39.4 Å². The minimum atomic E-state index is -4.69. The molecule has 3 rings (SSSR count). The number of nitrogens with one attached hydrogen (secondary N) is 1. The fourth-order valence-electron chi connectivity index (χ4n) is 2.76. The predicted molar refractivity (Wildman–Crippen MR) is 99.2 cm³/mol. The van der Waals surface area contributed by atoms with E-state index in [9.17, 15) is 18.0 Å². The van der Waals surface area contributed by atoms with Gasteiger partial charge < -0.3 is 0 Å². The van der Waals surface area contributed by atoms with E-state index >= 15 is 0 Å². The van der Waals surface area contributed by atoms with Crippen LogP contribution in [0.4, 0.5) is 13.2 Å². The summed E-state index contributed by atoms with van der Waals surface area (Å²) in [5.74, 6) is 0. The molecule has 1 atom stereocenters. The van der Waals surface area contributed by atoms with E-state index < -0.39 is 22.7 Å². The van der Waals surface area contributed by atoms with E-state index in [0.717, 1.165) is 10.9 Å². The molecule has 0 aliphatic carbocycles. The van der Waals surface area contributed by atoms with Gasteiger partial charge in [0.25, 0.3) is 5.56 Å². The number of pyridine rings is 1. The molecule has 0 aromatic carbocycles. The number of halogens is 3. The van der Waals surface area contributed by atoms with E-state index in [1.807, 2.05) is 26.8 Å². The van der Waals surface area contributed by atoms with Gasteiger partial charge in [-0.1, -0.05) is 6.92 Å². The number of hydrogen-bond donors (Lipinski definition) is 1. The third-order valence-corrected chi connectivity index (χ3v) is 5.55. The number of hydrogen-bond acceptors (Lipinski definition) is 4. The minimum absolute atomic E-state index is 0.0380. The number of alkyl halides is 3. The first kappa shape index (κ1) is 18.8. The van der Waals surface area contributed by atoms with Crippen molar-refractivity contribution in [1.82, 2.24) is 14.5 Å². The van der Waals surface area contributed by atoms with Crippen LogP contribution in [0, 0.1) is 11.7 Å². The van der Waals surface area contributed by atoms with Crippen LogP contribution < -0.4 is 5.56 Å². The molecule has 0 saturated heterocycles. The molecular weight excluding hydrogens is 383 g/mol. The van der Waals surface area contributed by atoms with Crippen LogP contribution >= 0.6 is 23.6 Å². The summed E-state index contributed by atoms with van der Waals surface area (Å²) >= 11 is 6.55. The highest BCUT2D eigenvalue weighted by Crippen LogP contribution is 2.37. The summed E-state index contributed by atoms with van der Waals surface area (Å²) in [7, 11) is 0. The van der Waals surface area contributed by atoms with E-state index in [2.05, 4.69) is 9.97 Å². The molecule has 3 aromatic rings. The smallest absolute Gasteiger partial charge is 0.300 e. The molecule has 0 unspecified atom stereocenters. The molecule has 0 bridgehead atoms. The standard InChI is InChI=1S/C17H16F3N3OS2/c1-4-8(2)23-14-13(15(24)22-16(23)25)10(17(18,19)20)7-11(21-14)12-6-5-9(3)26-12/h5-8H,4H2,1-3H3,(H,22,24,25)/t8-/m1/s1. The molecule has 0 fully saturated rings. The van der Waals surface area contributed by atoms with Crippen molar-refractivity contribution in [2.75, 3.05) is 0 Å². The van der Waals surface area contributed by atoms with Gasteiger partial charge in [-0.25, -0.2) is 4.98 Å². The normalized spacial score (nSPS) is 13.3. The van der Waals surface area contributed by atoms with E-state index in [1.165, 1.54) is 15.9 Å². The fourth-order valence-corrected chi connectivity index (χ4v) is 3.95. The van der Waals surface area contributed by atoms with Crippen molar-refractivity contribution < 1.29 is 13.2 Å². The highest BCUT2D eigenvalue weighted by Gasteiger charge is 2.36. The van der Waals surface area contributed by atoms with E-state index in [-0.39, 0.29) is 22.2 Å². The number of rotatable bonds is 3. The van der Waals surface area contributed by atoms with Gasteiger partial charge >= 0.3 is 6.18 Å². The molecule has 0 aliphatic heterocycles. The SMILES string of the molecule is CC[C@@H](C)n1c(=S)[nH]c(=O)c2c(C(F)(F)F)cc(-c3ccc(C)s3)nc21. The van der Waals surface area contributed by atoms with Crippen molar-refractivity contribution >= 4 is 34.6 Å². The summed E-state index contributed by atoms with van der Waals surface area (Å²) in [5, 5.41) is -0.483. The highest BCUT2D eigenvalue weighted by atomic mass is 32.1. The molecule has 0 saturated carbocycles. The summed E-state index contributed by atoms with van der Waals surface area (Å²) in [6.07, 6.45) is -4.06. The number of fused-ring (bicyclic) bond motifs is 1. The van der Waals surface area contributed by atoms with Gasteiger partial charge in [0.15, 0.2) is 4.77 Å². The summed E-state index contributed by atoms with van der Waals surface area (Å²) in [6.45, 7) is 5.58. The Morgan fingerprint density at radius 3 is 2.62 bits per heavy atom. The lowest BCUT2D eigenvalue weighted by Crippen LogP contribution is -2.22. The van der Waals surface area contributed by atoms with E-state index in [4.69, 9.17) is 12.2 Å². The number of H-pyrrole nitrogens is 1. The molecule has 9 heteroatoms. The molecule has 3 aromatic heterocycles. The number of thiophene rings is 1. The summed E-state index contributed by atoms with van der Waals surface area (Å²) in [6, 6.07) is 4.27. The first-order chi connectivity index (χ1) is 12.1. The van der Waals surface area contributed by atoms with E-state index in [0.29, 0.717) is 11.3 Å². The summed E-state index contributed by atoms with van der Waals surface area (Å²) < 4.78 is 42.7. The molecule has 0 aliphatic rings. The van der Waals surface area contributed by atoms with Crippen molar-refractivity contribution in [3.8, 4) is 10.6 Å². The molecule has 0 radical (unpaired) electrons.